The quantitative estimate of drug-likeness (QED) is 0.00770. The topological polar surface area (TPSA) is 273 Å². The van der Waals surface area contributed by atoms with E-state index in [2.05, 4.69) is 30.5 Å². The van der Waals surface area contributed by atoms with Gasteiger partial charge in [0.25, 0.3) is 0 Å². The Labute approximate surface area is 380 Å². The number of hydrogen-bond acceptors (Lipinski definition) is 14. The number of ether oxygens (including phenoxy) is 2. The standard InChI is InChI=1S/C45H80O17P2/c1-3-5-7-8-9-10-11-12-13-14-15-18-22-25-29-33-39(48)60-37(34-58-38(47)32-28-24-21-19-16-17-20-23-27-31-36(46)30-26-6-4-2)35-59-64(56,57)62-45-42(51)40(49)41(50)44(43(45)52)61-63(53,54)55/h10-11,20,23,27,31,37,40-45,49-52H,3-9,12-19,21-22,24-26,28-30,32-35H2,1-2H3,(H,56,57)(H2,53,54,55)/b11-10-,23-20-,31-27+/t37-,40?,41?,42?,43?,44-,45+/m1/s1. The summed E-state index contributed by atoms with van der Waals surface area (Å²) >= 11 is 0. The molecule has 8 atom stereocenters. The Bertz CT molecular complexity index is 1450. The van der Waals surface area contributed by atoms with E-state index in [9.17, 15) is 48.8 Å². The maximum absolute atomic E-state index is 13.0. The molecule has 17 nitrogen and oxygen atoms in total. The van der Waals surface area contributed by atoms with Crippen molar-refractivity contribution in [1.29, 1.82) is 0 Å². The van der Waals surface area contributed by atoms with Crippen molar-refractivity contribution in [2.24, 2.45) is 0 Å². The molecule has 0 heterocycles. The molecule has 0 aromatic heterocycles. The first-order valence-corrected chi connectivity index (χ1v) is 26.5. The lowest BCUT2D eigenvalue weighted by Gasteiger charge is -2.43. The van der Waals surface area contributed by atoms with Crippen molar-refractivity contribution in [3.8, 4) is 0 Å². The molecule has 372 valence electrons. The molecule has 1 aliphatic carbocycles. The van der Waals surface area contributed by atoms with Crippen LogP contribution in [-0.4, -0.2) is 109 Å². The third-order valence-corrected chi connectivity index (χ3v) is 12.2. The van der Waals surface area contributed by atoms with Gasteiger partial charge in [-0.25, -0.2) is 9.13 Å². The van der Waals surface area contributed by atoms with Crippen molar-refractivity contribution in [2.45, 2.75) is 217 Å². The van der Waals surface area contributed by atoms with Gasteiger partial charge in [-0.05, 0) is 63.9 Å². The third-order valence-electron chi connectivity index (χ3n) is 10.7. The Kier molecular flexibility index (Phi) is 33.7. The zero-order chi connectivity index (χ0) is 47.6. The van der Waals surface area contributed by atoms with E-state index in [1.165, 1.54) is 25.7 Å². The van der Waals surface area contributed by atoms with Gasteiger partial charge < -0.3 is 44.6 Å². The number of ketones is 1. The van der Waals surface area contributed by atoms with Crippen LogP contribution in [0.4, 0.5) is 0 Å². The summed E-state index contributed by atoms with van der Waals surface area (Å²) in [6.07, 6.45) is 19.4. The van der Waals surface area contributed by atoms with Crippen LogP contribution < -0.4 is 0 Å². The molecule has 0 saturated heterocycles. The Morgan fingerprint density at radius 1 is 0.531 bits per heavy atom. The molecule has 5 unspecified atom stereocenters. The second-order valence-electron chi connectivity index (χ2n) is 16.5. The summed E-state index contributed by atoms with van der Waals surface area (Å²) in [5.74, 6) is -1.14. The van der Waals surface area contributed by atoms with Crippen LogP contribution in [0.15, 0.2) is 36.5 Å². The average molecular weight is 955 g/mol. The second kappa shape index (κ2) is 36.0. The van der Waals surface area contributed by atoms with E-state index in [-0.39, 0.29) is 18.6 Å². The number of phosphoric ester groups is 2. The summed E-state index contributed by atoms with van der Waals surface area (Å²) in [6, 6.07) is 0. The Balaban J connectivity index is 2.63. The van der Waals surface area contributed by atoms with Gasteiger partial charge in [-0.1, -0.05) is 128 Å². The largest absolute Gasteiger partial charge is 0.472 e. The second-order valence-corrected chi connectivity index (χ2v) is 19.1. The lowest BCUT2D eigenvalue weighted by molar-refractivity contribution is -0.216. The van der Waals surface area contributed by atoms with Crippen LogP contribution in [0.1, 0.15) is 174 Å². The maximum atomic E-state index is 13.0. The summed E-state index contributed by atoms with van der Waals surface area (Å²) in [6.45, 7) is 2.91. The summed E-state index contributed by atoms with van der Waals surface area (Å²) in [5, 5.41) is 41.2. The van der Waals surface area contributed by atoms with Crippen molar-refractivity contribution in [2.75, 3.05) is 13.2 Å². The van der Waals surface area contributed by atoms with Gasteiger partial charge in [-0.15, -0.1) is 0 Å². The fourth-order valence-corrected chi connectivity index (χ4v) is 8.48. The van der Waals surface area contributed by atoms with E-state index in [1.54, 1.807) is 12.2 Å². The van der Waals surface area contributed by atoms with Crippen LogP contribution in [0.2, 0.25) is 0 Å². The fraction of sp³-hybridized carbons (Fsp3) is 0.800. The predicted molar refractivity (Wildman–Crippen MR) is 242 cm³/mol. The molecule has 1 aliphatic rings. The van der Waals surface area contributed by atoms with E-state index in [1.807, 2.05) is 12.2 Å². The van der Waals surface area contributed by atoms with Crippen molar-refractivity contribution < 1.29 is 81.7 Å². The first-order chi connectivity index (χ1) is 30.5. The van der Waals surface area contributed by atoms with Crippen molar-refractivity contribution in [1.82, 2.24) is 0 Å². The van der Waals surface area contributed by atoms with Gasteiger partial charge in [0.1, 0.15) is 43.2 Å². The molecule has 0 radical (unpaired) electrons. The van der Waals surface area contributed by atoms with Crippen molar-refractivity contribution >= 4 is 33.4 Å². The number of allylic oxidation sites excluding steroid dienone is 6. The molecule has 1 fully saturated rings. The molecule has 0 amide bonds. The molecule has 0 aromatic rings. The zero-order valence-electron chi connectivity index (χ0n) is 38.2. The van der Waals surface area contributed by atoms with E-state index >= 15 is 0 Å². The number of carbonyl (C=O) groups is 3. The molecule has 1 saturated carbocycles. The average Bonchev–Trinajstić information content (AvgIpc) is 3.24. The van der Waals surface area contributed by atoms with Gasteiger partial charge in [0.2, 0.25) is 0 Å². The SMILES string of the molecule is CCCCCC/C=C\CCCCCCCCCC(=O)O[C@H](COC(=O)CCCCCCC/C=C\C=C\C(=O)CCCCC)COP(=O)(O)O[C@H]1C(O)C(O)C(O)[C@@H](OP(=O)(O)O)C1O. The number of hydrogen-bond donors (Lipinski definition) is 7. The van der Waals surface area contributed by atoms with Crippen LogP contribution in [0.5, 0.6) is 0 Å². The van der Waals surface area contributed by atoms with E-state index < -0.39 is 83.5 Å². The predicted octanol–water partition coefficient (Wildman–Crippen LogP) is 7.91. The molecule has 0 aliphatic heterocycles. The van der Waals surface area contributed by atoms with E-state index in [0.717, 1.165) is 103 Å². The van der Waals surface area contributed by atoms with Crippen LogP contribution in [-0.2, 0) is 46.6 Å². The number of rotatable bonds is 39. The van der Waals surface area contributed by atoms with Crippen molar-refractivity contribution in [3.05, 3.63) is 36.5 Å². The normalized spacial score (nSPS) is 22.0. The molecule has 0 aromatic carbocycles. The molecule has 7 N–H and O–H groups in total. The Morgan fingerprint density at radius 2 is 1.00 bits per heavy atom. The fourth-order valence-electron chi connectivity index (χ4n) is 6.94. The minimum Gasteiger partial charge on any atom is -0.462 e. The summed E-state index contributed by atoms with van der Waals surface area (Å²) in [7, 11) is -10.7. The minimum absolute atomic E-state index is 0.0215. The highest BCUT2D eigenvalue weighted by molar-refractivity contribution is 7.47. The molecule has 0 spiro atoms. The van der Waals surface area contributed by atoms with Gasteiger partial charge in [0.15, 0.2) is 11.9 Å². The number of carbonyl (C=O) groups excluding carboxylic acids is 3. The molecule has 64 heavy (non-hydrogen) atoms. The molecule has 19 heteroatoms. The highest BCUT2D eigenvalue weighted by Gasteiger charge is 2.54. The van der Waals surface area contributed by atoms with Crippen LogP contribution in [0.3, 0.4) is 0 Å². The van der Waals surface area contributed by atoms with Gasteiger partial charge in [-0.2, -0.15) is 0 Å². The zero-order valence-corrected chi connectivity index (χ0v) is 40.0. The molecule has 1 rings (SSSR count). The first kappa shape index (κ1) is 59.9. The van der Waals surface area contributed by atoms with Gasteiger partial charge >= 0.3 is 27.6 Å². The van der Waals surface area contributed by atoms with E-state index in [0.29, 0.717) is 19.3 Å². The van der Waals surface area contributed by atoms with Crippen LogP contribution in [0, 0.1) is 0 Å². The van der Waals surface area contributed by atoms with Gasteiger partial charge in [-0.3, -0.25) is 28.0 Å². The summed E-state index contributed by atoms with van der Waals surface area (Å²) in [5.41, 5.74) is 0. The highest BCUT2D eigenvalue weighted by atomic mass is 31.2. The maximum Gasteiger partial charge on any atom is 0.472 e. The van der Waals surface area contributed by atoms with Crippen molar-refractivity contribution in [3.63, 3.8) is 0 Å². The number of aliphatic hydroxyl groups is 4. The van der Waals surface area contributed by atoms with E-state index in [4.69, 9.17) is 28.3 Å². The van der Waals surface area contributed by atoms with Crippen LogP contribution in [0.25, 0.3) is 0 Å². The number of unbranched alkanes of at least 4 members (excludes halogenated alkanes) is 18. The summed E-state index contributed by atoms with van der Waals surface area (Å²) in [4.78, 5) is 66.0. The Morgan fingerprint density at radius 3 is 1.56 bits per heavy atom. The molecular weight excluding hydrogens is 874 g/mol. The molecular formula is C45H80O17P2. The van der Waals surface area contributed by atoms with Gasteiger partial charge in [0.05, 0.1) is 6.61 Å². The third kappa shape index (κ3) is 30.2. The minimum atomic E-state index is -5.37. The monoisotopic (exact) mass is 954 g/mol. The first-order valence-electron chi connectivity index (χ1n) is 23.5. The number of aliphatic hydroxyl groups excluding tert-OH is 4. The Hall–Kier alpha value is -2.11. The van der Waals surface area contributed by atoms with Crippen LogP contribution >= 0.6 is 15.6 Å². The molecule has 0 bridgehead atoms. The number of phosphoric acid groups is 2. The highest BCUT2D eigenvalue weighted by Crippen LogP contribution is 2.49. The number of esters is 2. The lowest BCUT2D eigenvalue weighted by atomic mass is 9.85. The van der Waals surface area contributed by atoms with Gasteiger partial charge in [0, 0.05) is 19.3 Å². The lowest BCUT2D eigenvalue weighted by Crippen LogP contribution is -2.64. The smallest absolute Gasteiger partial charge is 0.462 e. The summed E-state index contributed by atoms with van der Waals surface area (Å²) < 4.78 is 49.3.